The van der Waals surface area contributed by atoms with E-state index in [4.69, 9.17) is 9.47 Å². The van der Waals surface area contributed by atoms with E-state index in [1.165, 1.54) is 14.2 Å². The lowest BCUT2D eigenvalue weighted by atomic mass is 10.0. The molecule has 5 heteroatoms. The van der Waals surface area contributed by atoms with Gasteiger partial charge in [-0.1, -0.05) is 15.9 Å². The molecule has 0 aromatic heterocycles. The standard InChI is InChI=1S/C12H15BrFNO2/c1-16-9-6-7(13)10(8-4-3-5-15-8)11(14)12(9)17-2/h6,8,15H,3-5H2,1-2H3. The van der Waals surface area contributed by atoms with Gasteiger partial charge < -0.3 is 14.8 Å². The van der Waals surface area contributed by atoms with Crippen LogP contribution in [0.25, 0.3) is 0 Å². The lowest BCUT2D eigenvalue weighted by Crippen LogP contribution is -2.15. The Morgan fingerprint density at radius 3 is 2.71 bits per heavy atom. The van der Waals surface area contributed by atoms with Gasteiger partial charge in [-0.25, -0.2) is 4.39 Å². The summed E-state index contributed by atoms with van der Waals surface area (Å²) >= 11 is 3.40. The first-order valence-corrected chi connectivity index (χ1v) is 6.31. The maximum atomic E-state index is 14.4. The van der Waals surface area contributed by atoms with Crippen molar-refractivity contribution in [3.05, 3.63) is 21.9 Å². The number of ether oxygens (including phenoxy) is 2. The highest BCUT2D eigenvalue weighted by Gasteiger charge is 2.26. The highest BCUT2D eigenvalue weighted by Crippen LogP contribution is 2.41. The van der Waals surface area contributed by atoms with E-state index in [1.54, 1.807) is 6.07 Å². The smallest absolute Gasteiger partial charge is 0.197 e. The quantitative estimate of drug-likeness (QED) is 0.931. The van der Waals surface area contributed by atoms with Gasteiger partial charge in [-0.2, -0.15) is 0 Å². The second-order valence-electron chi connectivity index (χ2n) is 3.97. The molecule has 1 aromatic rings. The lowest BCUT2D eigenvalue weighted by molar-refractivity contribution is 0.334. The Hall–Kier alpha value is -0.810. The highest BCUT2D eigenvalue weighted by molar-refractivity contribution is 9.10. The topological polar surface area (TPSA) is 30.5 Å². The SMILES string of the molecule is COc1cc(Br)c(C2CCCN2)c(F)c1OC. The summed E-state index contributed by atoms with van der Waals surface area (Å²) in [5.74, 6) is 0.219. The molecule has 0 bridgehead atoms. The number of nitrogens with one attached hydrogen (secondary N) is 1. The molecule has 1 N–H and O–H groups in total. The Morgan fingerprint density at radius 2 is 2.18 bits per heavy atom. The van der Waals surface area contributed by atoms with Crippen molar-refractivity contribution in [1.29, 1.82) is 0 Å². The summed E-state index contributed by atoms with van der Waals surface area (Å²) in [5, 5.41) is 3.28. The molecule has 1 aromatic carbocycles. The average Bonchev–Trinajstić information content (AvgIpc) is 2.82. The summed E-state index contributed by atoms with van der Waals surface area (Å²) in [6.45, 7) is 0.922. The van der Waals surface area contributed by atoms with Gasteiger partial charge in [0.25, 0.3) is 0 Å². The Bertz CT molecular complexity index is 419. The van der Waals surface area contributed by atoms with Crippen LogP contribution in [-0.4, -0.2) is 20.8 Å². The highest BCUT2D eigenvalue weighted by atomic mass is 79.9. The van der Waals surface area contributed by atoms with Gasteiger partial charge in [0.2, 0.25) is 0 Å². The van der Waals surface area contributed by atoms with Crippen molar-refractivity contribution in [2.45, 2.75) is 18.9 Å². The summed E-state index contributed by atoms with van der Waals surface area (Å²) in [4.78, 5) is 0. The van der Waals surface area contributed by atoms with Crippen molar-refractivity contribution >= 4 is 15.9 Å². The van der Waals surface area contributed by atoms with E-state index < -0.39 is 0 Å². The molecule has 1 fully saturated rings. The normalized spacial score (nSPS) is 19.4. The van der Waals surface area contributed by atoms with Gasteiger partial charge in [0.15, 0.2) is 17.3 Å². The molecule has 94 valence electrons. The average molecular weight is 304 g/mol. The Kier molecular flexibility index (Phi) is 3.89. The molecule has 0 aliphatic carbocycles. The number of hydrogen-bond acceptors (Lipinski definition) is 3. The number of rotatable bonds is 3. The summed E-state index contributed by atoms with van der Waals surface area (Å²) in [6.07, 6.45) is 2.00. The van der Waals surface area contributed by atoms with Gasteiger partial charge >= 0.3 is 0 Å². The Balaban J connectivity index is 2.51. The van der Waals surface area contributed by atoms with Crippen LogP contribution in [0.4, 0.5) is 4.39 Å². The van der Waals surface area contributed by atoms with E-state index in [1.807, 2.05) is 0 Å². The van der Waals surface area contributed by atoms with Crippen LogP contribution in [0, 0.1) is 5.82 Å². The van der Waals surface area contributed by atoms with E-state index in [0.717, 1.165) is 19.4 Å². The third-order valence-corrected chi connectivity index (χ3v) is 3.66. The predicted octanol–water partition coefficient (Wildman–Crippen LogP) is 3.03. The van der Waals surface area contributed by atoms with Gasteiger partial charge in [-0.3, -0.25) is 0 Å². The fourth-order valence-corrected chi connectivity index (χ4v) is 2.84. The number of hydrogen-bond donors (Lipinski definition) is 1. The van der Waals surface area contributed by atoms with Crippen LogP contribution in [0.15, 0.2) is 10.5 Å². The molecule has 3 nitrogen and oxygen atoms in total. The van der Waals surface area contributed by atoms with Gasteiger partial charge in [0.05, 0.1) is 14.2 Å². The Morgan fingerprint density at radius 1 is 1.41 bits per heavy atom. The molecule has 17 heavy (non-hydrogen) atoms. The van der Waals surface area contributed by atoms with Crippen LogP contribution in [0.5, 0.6) is 11.5 Å². The molecule has 1 unspecified atom stereocenters. The summed E-state index contributed by atoms with van der Waals surface area (Å²) in [7, 11) is 2.94. The molecule has 1 heterocycles. The molecule has 1 aliphatic heterocycles. The fourth-order valence-electron chi connectivity index (χ4n) is 2.19. The minimum atomic E-state index is -0.349. The van der Waals surface area contributed by atoms with E-state index in [9.17, 15) is 4.39 Å². The Labute approximate surface area is 108 Å². The van der Waals surface area contributed by atoms with Crippen LogP contribution in [0.1, 0.15) is 24.4 Å². The maximum absolute atomic E-state index is 14.4. The second kappa shape index (κ2) is 5.23. The van der Waals surface area contributed by atoms with Gasteiger partial charge in [-0.15, -0.1) is 0 Å². The van der Waals surface area contributed by atoms with E-state index in [2.05, 4.69) is 21.2 Å². The van der Waals surface area contributed by atoms with E-state index >= 15 is 0 Å². The minimum absolute atomic E-state index is 0.0455. The molecular weight excluding hydrogens is 289 g/mol. The van der Waals surface area contributed by atoms with Crippen molar-refractivity contribution in [2.75, 3.05) is 20.8 Å². The lowest BCUT2D eigenvalue weighted by Gasteiger charge is -2.18. The first-order chi connectivity index (χ1) is 8.19. The fraction of sp³-hybridized carbons (Fsp3) is 0.500. The van der Waals surface area contributed by atoms with Crippen molar-refractivity contribution < 1.29 is 13.9 Å². The minimum Gasteiger partial charge on any atom is -0.493 e. The zero-order chi connectivity index (χ0) is 12.4. The first-order valence-electron chi connectivity index (χ1n) is 5.52. The summed E-state index contributed by atoms with van der Waals surface area (Å²) in [5.41, 5.74) is 0.625. The molecule has 2 rings (SSSR count). The van der Waals surface area contributed by atoms with Crippen LogP contribution in [0.3, 0.4) is 0 Å². The first kappa shape index (κ1) is 12.6. The van der Waals surface area contributed by atoms with E-state index in [-0.39, 0.29) is 17.6 Å². The van der Waals surface area contributed by atoms with Crippen LogP contribution < -0.4 is 14.8 Å². The van der Waals surface area contributed by atoms with Crippen molar-refractivity contribution in [3.63, 3.8) is 0 Å². The van der Waals surface area contributed by atoms with Crippen molar-refractivity contribution in [2.24, 2.45) is 0 Å². The van der Waals surface area contributed by atoms with Crippen LogP contribution in [-0.2, 0) is 0 Å². The molecule has 1 saturated heterocycles. The zero-order valence-corrected chi connectivity index (χ0v) is 11.4. The monoisotopic (exact) mass is 303 g/mol. The van der Waals surface area contributed by atoms with Crippen LogP contribution in [0.2, 0.25) is 0 Å². The van der Waals surface area contributed by atoms with Crippen molar-refractivity contribution in [3.8, 4) is 11.5 Å². The maximum Gasteiger partial charge on any atom is 0.197 e. The molecule has 1 atom stereocenters. The number of halogens is 2. The molecule has 0 amide bonds. The van der Waals surface area contributed by atoms with E-state index in [0.29, 0.717) is 15.8 Å². The molecule has 0 radical (unpaired) electrons. The van der Waals surface area contributed by atoms with Gasteiger partial charge in [-0.05, 0) is 25.5 Å². The third-order valence-electron chi connectivity index (χ3n) is 3.01. The van der Waals surface area contributed by atoms with Gasteiger partial charge in [0.1, 0.15) is 0 Å². The summed E-state index contributed by atoms with van der Waals surface area (Å²) < 4.78 is 25.2. The molecule has 0 spiro atoms. The van der Waals surface area contributed by atoms with Crippen LogP contribution >= 0.6 is 15.9 Å². The zero-order valence-electron chi connectivity index (χ0n) is 9.85. The number of methoxy groups -OCH3 is 2. The predicted molar refractivity (Wildman–Crippen MR) is 67.2 cm³/mol. The van der Waals surface area contributed by atoms with Gasteiger partial charge in [0, 0.05) is 16.1 Å². The summed E-state index contributed by atoms with van der Waals surface area (Å²) in [6, 6.07) is 1.79. The number of benzene rings is 1. The largest absolute Gasteiger partial charge is 0.493 e. The van der Waals surface area contributed by atoms with Crippen molar-refractivity contribution in [1.82, 2.24) is 5.32 Å². The molecule has 0 saturated carbocycles. The third kappa shape index (κ3) is 2.26. The molecule has 1 aliphatic rings. The second-order valence-corrected chi connectivity index (χ2v) is 4.82. The molecular formula is C12H15BrFNO2.